The highest BCUT2D eigenvalue weighted by molar-refractivity contribution is 7.26. The molecule has 0 radical (unpaired) electrons. The van der Waals surface area contributed by atoms with Crippen molar-refractivity contribution >= 4 is 81.3 Å². The molecule has 0 saturated heterocycles. The number of rotatable bonds is 7. The predicted octanol–water partition coefficient (Wildman–Crippen LogP) is 17.2. The third kappa shape index (κ3) is 5.85. The molecule has 61 heavy (non-hydrogen) atoms. The molecule has 12 aromatic rings. The van der Waals surface area contributed by atoms with Crippen molar-refractivity contribution in [2.75, 3.05) is 4.90 Å². The van der Waals surface area contributed by atoms with E-state index in [-0.39, 0.29) is 0 Å². The molecule has 10 aromatic carbocycles. The maximum Gasteiger partial charge on any atom is 0.136 e. The molecule has 0 N–H and O–H groups in total. The Hall–Kier alpha value is -7.72. The van der Waals surface area contributed by atoms with Gasteiger partial charge in [0.1, 0.15) is 11.2 Å². The van der Waals surface area contributed by atoms with Crippen LogP contribution < -0.4 is 4.90 Å². The average Bonchev–Trinajstić information content (AvgIpc) is 3.91. The molecule has 286 valence electrons. The normalized spacial score (nSPS) is 11.6. The van der Waals surface area contributed by atoms with E-state index in [4.69, 9.17) is 4.42 Å². The molecule has 12 rings (SSSR count). The highest BCUT2D eigenvalue weighted by Gasteiger charge is 2.24. The Morgan fingerprint density at radius 3 is 1.62 bits per heavy atom. The molecular weight excluding hydrogens is 759 g/mol. The van der Waals surface area contributed by atoms with Crippen molar-refractivity contribution < 1.29 is 4.42 Å². The number of para-hydroxylation sites is 3. The highest BCUT2D eigenvalue weighted by atomic mass is 32.1. The second kappa shape index (κ2) is 14.5. The topological polar surface area (TPSA) is 16.4 Å². The van der Waals surface area contributed by atoms with E-state index in [0.29, 0.717) is 0 Å². The third-order valence-corrected chi connectivity index (χ3v) is 13.3. The van der Waals surface area contributed by atoms with Gasteiger partial charge >= 0.3 is 0 Å². The van der Waals surface area contributed by atoms with Crippen molar-refractivity contribution in [1.29, 1.82) is 0 Å². The Labute approximate surface area is 357 Å². The fourth-order valence-electron chi connectivity index (χ4n) is 9.39. The van der Waals surface area contributed by atoms with Gasteiger partial charge in [0, 0.05) is 47.8 Å². The minimum atomic E-state index is 0.879. The molecule has 2 heterocycles. The van der Waals surface area contributed by atoms with Crippen LogP contribution in [0.3, 0.4) is 0 Å². The molecule has 0 saturated carbocycles. The predicted molar refractivity (Wildman–Crippen MR) is 261 cm³/mol. The van der Waals surface area contributed by atoms with Gasteiger partial charge in [0.05, 0.1) is 11.4 Å². The fourth-order valence-corrected chi connectivity index (χ4v) is 10.6. The summed E-state index contributed by atoms with van der Waals surface area (Å²) in [5.41, 5.74) is 14.5. The first-order valence-corrected chi connectivity index (χ1v) is 21.6. The smallest absolute Gasteiger partial charge is 0.136 e. The van der Waals surface area contributed by atoms with Gasteiger partial charge in [0.15, 0.2) is 0 Å². The molecule has 0 unspecified atom stereocenters. The summed E-state index contributed by atoms with van der Waals surface area (Å²) < 4.78 is 9.07. The number of benzene rings is 10. The van der Waals surface area contributed by atoms with Gasteiger partial charge in [-0.05, 0) is 86.6 Å². The van der Waals surface area contributed by atoms with Crippen molar-refractivity contribution in [2.45, 2.75) is 0 Å². The molecule has 0 amide bonds. The van der Waals surface area contributed by atoms with Crippen LogP contribution in [0, 0.1) is 0 Å². The van der Waals surface area contributed by atoms with Crippen molar-refractivity contribution in [3.8, 4) is 44.5 Å². The molecule has 2 aromatic heterocycles. The van der Waals surface area contributed by atoms with Gasteiger partial charge in [-0.15, -0.1) is 11.3 Å². The molecule has 0 aliphatic heterocycles. The molecular formula is C58H37NOS. The van der Waals surface area contributed by atoms with Gasteiger partial charge in [0.25, 0.3) is 0 Å². The second-order valence-corrected chi connectivity index (χ2v) is 16.6. The van der Waals surface area contributed by atoms with E-state index in [1.54, 1.807) is 0 Å². The summed E-state index contributed by atoms with van der Waals surface area (Å²) in [5, 5.41) is 7.28. The summed E-state index contributed by atoms with van der Waals surface area (Å²) >= 11 is 1.87. The van der Waals surface area contributed by atoms with Gasteiger partial charge in [-0.3, -0.25) is 0 Å². The van der Waals surface area contributed by atoms with Crippen LogP contribution in [-0.4, -0.2) is 0 Å². The van der Waals surface area contributed by atoms with Gasteiger partial charge in [0.2, 0.25) is 0 Å². The van der Waals surface area contributed by atoms with Crippen LogP contribution in [0.15, 0.2) is 229 Å². The number of thiophene rings is 1. The quantitative estimate of drug-likeness (QED) is 0.160. The monoisotopic (exact) mass is 795 g/mol. The Kier molecular flexibility index (Phi) is 8.39. The van der Waals surface area contributed by atoms with E-state index in [0.717, 1.165) is 55.7 Å². The number of hydrogen-bond acceptors (Lipinski definition) is 3. The van der Waals surface area contributed by atoms with Gasteiger partial charge in [-0.1, -0.05) is 182 Å². The molecule has 3 heteroatoms. The Bertz CT molecular complexity index is 3590. The largest absolute Gasteiger partial charge is 0.456 e. The fraction of sp³-hybridized carbons (Fsp3) is 0. The van der Waals surface area contributed by atoms with Crippen LogP contribution in [0.4, 0.5) is 17.1 Å². The zero-order valence-electron chi connectivity index (χ0n) is 33.1. The lowest BCUT2D eigenvalue weighted by atomic mass is 9.90. The zero-order chi connectivity index (χ0) is 40.3. The Morgan fingerprint density at radius 2 is 0.852 bits per heavy atom. The van der Waals surface area contributed by atoms with E-state index >= 15 is 0 Å². The molecule has 0 bridgehead atoms. The number of nitrogens with zero attached hydrogens (tertiary/aromatic N) is 1. The summed E-state index contributed by atoms with van der Waals surface area (Å²) in [6, 6.07) is 81.2. The Balaban J connectivity index is 1.10. The van der Waals surface area contributed by atoms with Crippen LogP contribution in [0.2, 0.25) is 0 Å². The van der Waals surface area contributed by atoms with E-state index in [2.05, 4.69) is 223 Å². The Morgan fingerprint density at radius 1 is 0.328 bits per heavy atom. The number of anilines is 3. The molecule has 0 fully saturated rings. The highest BCUT2D eigenvalue weighted by Crippen LogP contribution is 2.49. The van der Waals surface area contributed by atoms with Crippen LogP contribution in [0.1, 0.15) is 0 Å². The first-order valence-electron chi connectivity index (χ1n) is 20.8. The van der Waals surface area contributed by atoms with Gasteiger partial charge < -0.3 is 9.32 Å². The van der Waals surface area contributed by atoms with Crippen LogP contribution >= 0.6 is 11.3 Å². The molecule has 0 aliphatic rings. The standard InChI is InChI=1S/C58H37NOS/c1-2-16-38(17-3-1)42-24-12-18-40-19-13-26-47(56(40)42)44-20-4-8-29-51(44)59(41-36-34-39(35-37-41)43-25-14-28-49-46-22-7-11-33-55(46)61-58(43)49)52-30-9-5-21-45(52)48-27-15-32-54-57(48)50-23-6-10-31-53(50)60-54/h1-37H. The minimum absolute atomic E-state index is 0.879. The van der Waals surface area contributed by atoms with E-state index in [9.17, 15) is 0 Å². The SMILES string of the molecule is c1ccc(-c2cccc3cccc(-c4ccccc4N(c4ccc(-c5cccc6c5sc5ccccc56)cc4)c4ccccc4-c4cccc5oc6ccccc6c45)c23)cc1. The maximum atomic E-state index is 6.44. The maximum absolute atomic E-state index is 6.44. The average molecular weight is 796 g/mol. The van der Waals surface area contributed by atoms with Crippen molar-refractivity contribution in [3.05, 3.63) is 224 Å². The van der Waals surface area contributed by atoms with Gasteiger partial charge in [-0.2, -0.15) is 0 Å². The lowest BCUT2D eigenvalue weighted by Crippen LogP contribution is -2.12. The third-order valence-electron chi connectivity index (χ3n) is 12.1. The van der Waals surface area contributed by atoms with Crippen LogP contribution in [0.5, 0.6) is 0 Å². The van der Waals surface area contributed by atoms with E-state index < -0.39 is 0 Å². The molecule has 2 nitrogen and oxygen atoms in total. The molecule has 0 atom stereocenters. The first kappa shape index (κ1) is 35.2. The number of fused-ring (bicyclic) bond motifs is 7. The first-order chi connectivity index (χ1) is 30.3. The number of furan rings is 1. The minimum Gasteiger partial charge on any atom is -0.456 e. The van der Waals surface area contributed by atoms with Crippen LogP contribution in [0.25, 0.3) is 97.4 Å². The second-order valence-electron chi connectivity index (χ2n) is 15.5. The molecule has 0 aliphatic carbocycles. The lowest BCUT2D eigenvalue weighted by Gasteiger charge is -2.30. The number of hydrogen-bond donors (Lipinski definition) is 0. The summed E-state index contributed by atoms with van der Waals surface area (Å²) in [7, 11) is 0. The summed E-state index contributed by atoms with van der Waals surface area (Å²) in [6.07, 6.45) is 0. The van der Waals surface area contributed by atoms with Crippen molar-refractivity contribution in [2.24, 2.45) is 0 Å². The van der Waals surface area contributed by atoms with E-state index in [1.807, 2.05) is 17.4 Å². The zero-order valence-corrected chi connectivity index (χ0v) is 33.9. The van der Waals surface area contributed by atoms with Gasteiger partial charge in [-0.25, -0.2) is 0 Å². The van der Waals surface area contributed by atoms with Crippen molar-refractivity contribution in [3.63, 3.8) is 0 Å². The summed E-state index contributed by atoms with van der Waals surface area (Å²) in [4.78, 5) is 2.46. The van der Waals surface area contributed by atoms with E-state index in [1.165, 1.54) is 58.8 Å². The summed E-state index contributed by atoms with van der Waals surface area (Å²) in [5.74, 6) is 0. The lowest BCUT2D eigenvalue weighted by molar-refractivity contribution is 0.669. The van der Waals surface area contributed by atoms with Crippen molar-refractivity contribution in [1.82, 2.24) is 0 Å². The van der Waals surface area contributed by atoms with Crippen LogP contribution in [-0.2, 0) is 0 Å². The molecule has 0 spiro atoms. The summed E-state index contributed by atoms with van der Waals surface area (Å²) in [6.45, 7) is 0.